The molecule has 0 radical (unpaired) electrons. The molecule has 0 saturated carbocycles. The second-order valence-corrected chi connectivity index (χ2v) is 4.95. The van der Waals surface area contributed by atoms with Crippen molar-refractivity contribution in [3.63, 3.8) is 0 Å². The largest absolute Gasteiger partial charge is 0.0620 e. The highest BCUT2D eigenvalue weighted by molar-refractivity contribution is 5.27. The van der Waals surface area contributed by atoms with Crippen molar-refractivity contribution in [3.8, 4) is 0 Å². The molecule has 2 aromatic carbocycles. The van der Waals surface area contributed by atoms with Crippen molar-refractivity contribution < 1.29 is 0 Å². The molecule has 2 aromatic rings. The minimum Gasteiger partial charge on any atom is -0.0620 e. The second kappa shape index (κ2) is 9.36. The van der Waals surface area contributed by atoms with Gasteiger partial charge in [0.05, 0.1) is 0 Å². The van der Waals surface area contributed by atoms with Crippen molar-refractivity contribution in [2.24, 2.45) is 0 Å². The van der Waals surface area contributed by atoms with E-state index in [1.165, 1.54) is 22.3 Å². The van der Waals surface area contributed by atoms with Crippen molar-refractivity contribution in [1.82, 2.24) is 0 Å². The fourth-order valence-electron chi connectivity index (χ4n) is 2.49. The van der Waals surface area contributed by atoms with Gasteiger partial charge < -0.3 is 0 Å². The Labute approximate surface area is 124 Å². The first-order chi connectivity index (χ1) is 9.76. The molecule has 0 nitrogen and oxygen atoms in total. The molecule has 0 aliphatic heterocycles. The Balaban J connectivity index is 0.000000200. The van der Waals surface area contributed by atoms with E-state index >= 15 is 0 Å². The van der Waals surface area contributed by atoms with Crippen LogP contribution in [0.5, 0.6) is 0 Å². The first kappa shape index (κ1) is 16.5. The summed E-state index contributed by atoms with van der Waals surface area (Å²) in [6.07, 6.45) is 4.63. The van der Waals surface area contributed by atoms with Crippen LogP contribution >= 0.6 is 0 Å². The molecule has 20 heavy (non-hydrogen) atoms. The lowest BCUT2D eigenvalue weighted by atomic mass is 10.0. The SMILES string of the molecule is CCc1ccccc1CC.CCc1ccccc1CC. The van der Waals surface area contributed by atoms with Crippen LogP contribution in [-0.2, 0) is 25.7 Å². The van der Waals surface area contributed by atoms with Crippen LogP contribution in [0.15, 0.2) is 48.5 Å². The molecule has 0 heterocycles. The molecule has 0 aromatic heterocycles. The predicted molar refractivity (Wildman–Crippen MR) is 90.4 cm³/mol. The van der Waals surface area contributed by atoms with E-state index in [1.807, 2.05) is 0 Å². The summed E-state index contributed by atoms with van der Waals surface area (Å²) in [6, 6.07) is 17.3. The van der Waals surface area contributed by atoms with Gasteiger partial charge in [-0.25, -0.2) is 0 Å². The summed E-state index contributed by atoms with van der Waals surface area (Å²) in [6.45, 7) is 8.81. The van der Waals surface area contributed by atoms with Gasteiger partial charge in [0.25, 0.3) is 0 Å². The Morgan fingerprint density at radius 3 is 0.800 bits per heavy atom. The van der Waals surface area contributed by atoms with E-state index in [0.717, 1.165) is 25.7 Å². The van der Waals surface area contributed by atoms with E-state index in [1.54, 1.807) is 0 Å². The molecule has 2 rings (SSSR count). The third kappa shape index (κ3) is 4.85. The predicted octanol–water partition coefficient (Wildman–Crippen LogP) is 5.62. The lowest BCUT2D eigenvalue weighted by Crippen LogP contribution is -1.88. The van der Waals surface area contributed by atoms with E-state index in [0.29, 0.717) is 0 Å². The van der Waals surface area contributed by atoms with Gasteiger partial charge in [-0.1, -0.05) is 76.2 Å². The van der Waals surface area contributed by atoms with Gasteiger partial charge in [-0.3, -0.25) is 0 Å². The van der Waals surface area contributed by atoms with E-state index < -0.39 is 0 Å². The van der Waals surface area contributed by atoms with Crippen LogP contribution in [0.25, 0.3) is 0 Å². The monoisotopic (exact) mass is 268 g/mol. The van der Waals surface area contributed by atoms with E-state index in [4.69, 9.17) is 0 Å². The summed E-state index contributed by atoms with van der Waals surface area (Å²) in [4.78, 5) is 0. The van der Waals surface area contributed by atoms with Crippen LogP contribution in [0.1, 0.15) is 49.9 Å². The van der Waals surface area contributed by atoms with Crippen molar-refractivity contribution in [1.29, 1.82) is 0 Å². The molecule has 0 aliphatic rings. The third-order valence-electron chi connectivity index (χ3n) is 3.76. The number of rotatable bonds is 4. The molecule has 0 saturated heterocycles. The number of benzene rings is 2. The van der Waals surface area contributed by atoms with Crippen LogP contribution in [0, 0.1) is 0 Å². The zero-order chi connectivity index (χ0) is 14.8. The van der Waals surface area contributed by atoms with E-state index in [9.17, 15) is 0 Å². The molecule has 0 N–H and O–H groups in total. The van der Waals surface area contributed by atoms with Gasteiger partial charge in [0.2, 0.25) is 0 Å². The second-order valence-electron chi connectivity index (χ2n) is 4.95. The summed E-state index contributed by atoms with van der Waals surface area (Å²) < 4.78 is 0. The molecule has 0 atom stereocenters. The van der Waals surface area contributed by atoms with Gasteiger partial charge in [0.1, 0.15) is 0 Å². The maximum absolute atomic E-state index is 2.21. The maximum Gasteiger partial charge on any atom is -0.0305 e. The maximum atomic E-state index is 2.21. The van der Waals surface area contributed by atoms with E-state index in [-0.39, 0.29) is 0 Å². The molecule has 0 fully saturated rings. The molecule has 0 spiro atoms. The average Bonchev–Trinajstić information content (AvgIpc) is 2.55. The fourth-order valence-corrected chi connectivity index (χ4v) is 2.49. The zero-order valence-electron chi connectivity index (χ0n) is 13.4. The summed E-state index contributed by atoms with van der Waals surface area (Å²) >= 11 is 0. The molecular formula is C20H28. The molecule has 0 bridgehead atoms. The summed E-state index contributed by atoms with van der Waals surface area (Å²) in [5.74, 6) is 0. The van der Waals surface area contributed by atoms with Crippen LogP contribution < -0.4 is 0 Å². The van der Waals surface area contributed by atoms with Gasteiger partial charge in [0.15, 0.2) is 0 Å². The van der Waals surface area contributed by atoms with Gasteiger partial charge in [-0.2, -0.15) is 0 Å². The summed E-state index contributed by atoms with van der Waals surface area (Å²) in [5.41, 5.74) is 5.96. The standard InChI is InChI=1S/2C10H14/c2*1-3-9-7-5-6-8-10(9)4-2/h2*5-8H,3-4H2,1-2H3. The molecule has 0 amide bonds. The van der Waals surface area contributed by atoms with Crippen LogP contribution in [0.3, 0.4) is 0 Å². The molecular weight excluding hydrogens is 240 g/mol. The fraction of sp³-hybridized carbons (Fsp3) is 0.400. The normalized spacial score (nSPS) is 9.80. The zero-order valence-corrected chi connectivity index (χ0v) is 13.4. The highest BCUT2D eigenvalue weighted by Crippen LogP contribution is 2.09. The highest BCUT2D eigenvalue weighted by atomic mass is 14.0. The Morgan fingerprint density at radius 2 is 0.650 bits per heavy atom. The Bertz CT molecular complexity index is 403. The lowest BCUT2D eigenvalue weighted by molar-refractivity contribution is 1.04. The first-order valence-corrected chi connectivity index (χ1v) is 7.90. The topological polar surface area (TPSA) is 0 Å². The Morgan fingerprint density at radius 1 is 0.450 bits per heavy atom. The van der Waals surface area contributed by atoms with Crippen molar-refractivity contribution >= 4 is 0 Å². The van der Waals surface area contributed by atoms with Crippen LogP contribution in [-0.4, -0.2) is 0 Å². The smallest absolute Gasteiger partial charge is 0.0305 e. The quantitative estimate of drug-likeness (QED) is 0.675. The van der Waals surface area contributed by atoms with Crippen LogP contribution in [0.4, 0.5) is 0 Å². The van der Waals surface area contributed by atoms with Gasteiger partial charge in [0, 0.05) is 0 Å². The van der Waals surface area contributed by atoms with E-state index in [2.05, 4.69) is 76.2 Å². The summed E-state index contributed by atoms with van der Waals surface area (Å²) in [7, 11) is 0. The van der Waals surface area contributed by atoms with Gasteiger partial charge >= 0.3 is 0 Å². The molecule has 108 valence electrons. The van der Waals surface area contributed by atoms with Gasteiger partial charge in [-0.05, 0) is 47.9 Å². The summed E-state index contributed by atoms with van der Waals surface area (Å²) in [5, 5.41) is 0. The minimum absolute atomic E-state index is 1.16. The van der Waals surface area contributed by atoms with Gasteiger partial charge in [-0.15, -0.1) is 0 Å². The molecule has 0 heteroatoms. The van der Waals surface area contributed by atoms with Crippen molar-refractivity contribution in [2.75, 3.05) is 0 Å². The Hall–Kier alpha value is -1.56. The Kier molecular flexibility index (Phi) is 7.72. The van der Waals surface area contributed by atoms with Crippen molar-refractivity contribution in [2.45, 2.75) is 53.4 Å². The van der Waals surface area contributed by atoms with Crippen LogP contribution in [0.2, 0.25) is 0 Å². The number of hydrogen-bond acceptors (Lipinski definition) is 0. The average molecular weight is 268 g/mol. The highest BCUT2D eigenvalue weighted by Gasteiger charge is 1.94. The number of hydrogen-bond donors (Lipinski definition) is 0. The third-order valence-corrected chi connectivity index (χ3v) is 3.76. The molecule has 0 unspecified atom stereocenters. The first-order valence-electron chi connectivity index (χ1n) is 7.90. The lowest BCUT2D eigenvalue weighted by Gasteiger charge is -2.02. The van der Waals surface area contributed by atoms with Crippen molar-refractivity contribution in [3.05, 3.63) is 70.8 Å². The molecule has 0 aliphatic carbocycles. The number of aryl methyl sites for hydroxylation is 4. The minimum atomic E-state index is 1.16.